The number of hydrogen-bond donors (Lipinski definition) is 2. The predicted molar refractivity (Wildman–Crippen MR) is 92.3 cm³/mol. The Balaban J connectivity index is 1.86. The molecule has 1 aliphatic rings. The number of carbonyl (C=O) groups is 2. The van der Waals surface area contributed by atoms with Gasteiger partial charge in [0.2, 0.25) is 0 Å². The van der Waals surface area contributed by atoms with Crippen LogP contribution >= 0.6 is 0 Å². The van der Waals surface area contributed by atoms with E-state index >= 15 is 0 Å². The SMILES string of the molecule is CCOC(=O)Nc1ccc(NC(=O)N(CC)CC2CCCO2)cc1. The molecule has 0 aromatic heterocycles. The summed E-state index contributed by atoms with van der Waals surface area (Å²) in [6.45, 7) is 6.00. The Morgan fingerprint density at radius 1 is 1.21 bits per heavy atom. The third kappa shape index (κ3) is 5.42. The molecule has 0 aliphatic carbocycles. The van der Waals surface area contributed by atoms with Crippen LogP contribution in [0.5, 0.6) is 0 Å². The van der Waals surface area contributed by atoms with Gasteiger partial charge >= 0.3 is 12.1 Å². The highest BCUT2D eigenvalue weighted by molar-refractivity contribution is 5.90. The van der Waals surface area contributed by atoms with E-state index < -0.39 is 6.09 Å². The topological polar surface area (TPSA) is 79.9 Å². The molecule has 1 saturated heterocycles. The summed E-state index contributed by atoms with van der Waals surface area (Å²) in [5, 5.41) is 5.46. The van der Waals surface area contributed by atoms with Gasteiger partial charge in [-0.25, -0.2) is 9.59 Å². The summed E-state index contributed by atoms with van der Waals surface area (Å²) in [5.41, 5.74) is 1.28. The highest BCUT2D eigenvalue weighted by Crippen LogP contribution is 2.16. The smallest absolute Gasteiger partial charge is 0.411 e. The van der Waals surface area contributed by atoms with Gasteiger partial charge in [0.05, 0.1) is 12.7 Å². The van der Waals surface area contributed by atoms with Gasteiger partial charge < -0.3 is 19.7 Å². The lowest BCUT2D eigenvalue weighted by atomic mass is 10.2. The monoisotopic (exact) mass is 335 g/mol. The van der Waals surface area contributed by atoms with Crippen LogP contribution in [0.2, 0.25) is 0 Å². The fourth-order valence-electron chi connectivity index (χ4n) is 2.51. The van der Waals surface area contributed by atoms with Gasteiger partial charge in [0.25, 0.3) is 0 Å². The zero-order valence-corrected chi connectivity index (χ0v) is 14.2. The number of rotatable bonds is 6. The molecule has 0 radical (unpaired) electrons. The molecule has 1 heterocycles. The number of amides is 3. The number of ether oxygens (including phenoxy) is 2. The van der Waals surface area contributed by atoms with Crippen LogP contribution in [0, 0.1) is 0 Å². The first kappa shape index (κ1) is 18.1. The molecule has 1 unspecified atom stereocenters. The van der Waals surface area contributed by atoms with E-state index in [1.165, 1.54) is 0 Å². The van der Waals surface area contributed by atoms with Crippen LogP contribution in [0.25, 0.3) is 0 Å². The Kier molecular flexibility index (Phi) is 6.87. The third-order valence-electron chi connectivity index (χ3n) is 3.77. The summed E-state index contributed by atoms with van der Waals surface area (Å²) in [6.07, 6.45) is 1.69. The molecule has 7 heteroatoms. The second-order valence-corrected chi connectivity index (χ2v) is 5.53. The van der Waals surface area contributed by atoms with Crippen molar-refractivity contribution in [3.05, 3.63) is 24.3 Å². The van der Waals surface area contributed by atoms with Crippen LogP contribution in [0.4, 0.5) is 21.0 Å². The first-order chi connectivity index (χ1) is 11.6. The normalized spacial score (nSPS) is 16.5. The second kappa shape index (κ2) is 9.12. The summed E-state index contributed by atoms with van der Waals surface area (Å²) in [5.74, 6) is 0. The molecule has 7 nitrogen and oxygen atoms in total. The average molecular weight is 335 g/mol. The van der Waals surface area contributed by atoms with E-state index in [1.807, 2.05) is 6.92 Å². The summed E-state index contributed by atoms with van der Waals surface area (Å²) >= 11 is 0. The van der Waals surface area contributed by atoms with E-state index in [1.54, 1.807) is 36.1 Å². The number of nitrogens with one attached hydrogen (secondary N) is 2. The van der Waals surface area contributed by atoms with E-state index in [0.29, 0.717) is 31.1 Å². The maximum absolute atomic E-state index is 12.3. The fourth-order valence-corrected chi connectivity index (χ4v) is 2.51. The number of anilines is 2. The molecule has 0 spiro atoms. The highest BCUT2D eigenvalue weighted by atomic mass is 16.5. The summed E-state index contributed by atoms with van der Waals surface area (Å²) in [4.78, 5) is 25.4. The number of benzene rings is 1. The minimum Gasteiger partial charge on any atom is -0.450 e. The first-order valence-corrected chi connectivity index (χ1v) is 8.33. The zero-order chi connectivity index (χ0) is 17.4. The summed E-state index contributed by atoms with van der Waals surface area (Å²) < 4.78 is 10.4. The van der Waals surface area contributed by atoms with Crippen molar-refractivity contribution in [3.8, 4) is 0 Å². The molecule has 24 heavy (non-hydrogen) atoms. The maximum Gasteiger partial charge on any atom is 0.411 e. The zero-order valence-electron chi connectivity index (χ0n) is 14.2. The minimum absolute atomic E-state index is 0.131. The maximum atomic E-state index is 12.3. The lowest BCUT2D eigenvalue weighted by Gasteiger charge is -2.24. The Labute approximate surface area is 142 Å². The molecule has 132 valence electrons. The van der Waals surface area contributed by atoms with Gasteiger partial charge in [0.1, 0.15) is 0 Å². The standard InChI is InChI=1S/C17H25N3O4/c1-3-20(12-15-6-5-11-24-15)16(21)18-13-7-9-14(10-8-13)19-17(22)23-4-2/h7-10,15H,3-6,11-12H2,1-2H3,(H,18,21)(H,19,22). The molecule has 1 aromatic rings. The van der Waals surface area contributed by atoms with Crippen molar-refractivity contribution in [2.45, 2.75) is 32.8 Å². The first-order valence-electron chi connectivity index (χ1n) is 8.33. The molecule has 2 N–H and O–H groups in total. The van der Waals surface area contributed by atoms with Gasteiger partial charge in [-0.15, -0.1) is 0 Å². The molecular formula is C17H25N3O4. The fraction of sp³-hybridized carbons (Fsp3) is 0.529. The van der Waals surface area contributed by atoms with Crippen LogP contribution in [0.15, 0.2) is 24.3 Å². The van der Waals surface area contributed by atoms with Gasteiger partial charge in [-0.3, -0.25) is 5.32 Å². The van der Waals surface area contributed by atoms with Crippen molar-refractivity contribution in [2.75, 3.05) is 36.9 Å². The van der Waals surface area contributed by atoms with Crippen molar-refractivity contribution >= 4 is 23.5 Å². The number of likely N-dealkylation sites (N-methyl/N-ethyl adjacent to an activating group) is 1. The van der Waals surface area contributed by atoms with Gasteiger partial charge in [0, 0.05) is 31.1 Å². The second-order valence-electron chi connectivity index (χ2n) is 5.53. The Bertz CT molecular complexity index is 541. The predicted octanol–water partition coefficient (Wildman–Crippen LogP) is 3.29. The van der Waals surface area contributed by atoms with E-state index in [2.05, 4.69) is 10.6 Å². The Morgan fingerprint density at radius 3 is 2.42 bits per heavy atom. The molecule has 0 saturated carbocycles. The van der Waals surface area contributed by atoms with E-state index in [9.17, 15) is 9.59 Å². The lowest BCUT2D eigenvalue weighted by molar-refractivity contribution is 0.0849. The number of nitrogens with zero attached hydrogens (tertiary/aromatic N) is 1. The average Bonchev–Trinajstić information content (AvgIpc) is 3.07. The van der Waals surface area contributed by atoms with Gasteiger partial charge in [-0.1, -0.05) is 0 Å². The van der Waals surface area contributed by atoms with Gasteiger partial charge in [-0.05, 0) is 51.0 Å². The van der Waals surface area contributed by atoms with Crippen LogP contribution in [0.1, 0.15) is 26.7 Å². The van der Waals surface area contributed by atoms with Crippen LogP contribution in [-0.2, 0) is 9.47 Å². The Morgan fingerprint density at radius 2 is 1.88 bits per heavy atom. The van der Waals surface area contributed by atoms with E-state index in [4.69, 9.17) is 9.47 Å². The lowest BCUT2D eigenvalue weighted by Crippen LogP contribution is -2.39. The molecule has 1 fully saturated rings. The number of urea groups is 1. The van der Waals surface area contributed by atoms with Crippen LogP contribution in [-0.4, -0.2) is 49.4 Å². The number of carbonyl (C=O) groups excluding carboxylic acids is 2. The van der Waals surface area contributed by atoms with Crippen molar-refractivity contribution in [1.82, 2.24) is 4.90 Å². The van der Waals surface area contributed by atoms with Gasteiger partial charge in [-0.2, -0.15) is 0 Å². The minimum atomic E-state index is -0.497. The van der Waals surface area contributed by atoms with Crippen LogP contribution < -0.4 is 10.6 Å². The molecule has 0 bridgehead atoms. The molecule has 3 amide bonds. The Hall–Kier alpha value is -2.28. The van der Waals surface area contributed by atoms with Crippen molar-refractivity contribution in [2.24, 2.45) is 0 Å². The summed E-state index contributed by atoms with van der Waals surface area (Å²) in [7, 11) is 0. The van der Waals surface area contributed by atoms with Crippen molar-refractivity contribution in [1.29, 1.82) is 0 Å². The van der Waals surface area contributed by atoms with E-state index in [-0.39, 0.29) is 12.1 Å². The molecule has 2 rings (SSSR count). The van der Waals surface area contributed by atoms with Crippen molar-refractivity contribution in [3.63, 3.8) is 0 Å². The quantitative estimate of drug-likeness (QED) is 0.836. The molecule has 1 aliphatic heterocycles. The summed E-state index contributed by atoms with van der Waals surface area (Å²) in [6, 6.07) is 6.74. The number of hydrogen-bond acceptors (Lipinski definition) is 4. The van der Waals surface area contributed by atoms with Crippen molar-refractivity contribution < 1.29 is 19.1 Å². The molecular weight excluding hydrogens is 310 g/mol. The molecule has 1 aromatic carbocycles. The third-order valence-corrected chi connectivity index (χ3v) is 3.77. The van der Waals surface area contributed by atoms with Gasteiger partial charge in [0.15, 0.2) is 0 Å². The largest absolute Gasteiger partial charge is 0.450 e. The van der Waals surface area contributed by atoms with Crippen LogP contribution in [0.3, 0.4) is 0 Å². The van der Waals surface area contributed by atoms with E-state index in [0.717, 1.165) is 19.4 Å². The highest BCUT2D eigenvalue weighted by Gasteiger charge is 2.21. The molecule has 1 atom stereocenters.